The van der Waals surface area contributed by atoms with Crippen molar-refractivity contribution in [1.29, 1.82) is 0 Å². The highest BCUT2D eigenvalue weighted by Gasteiger charge is 2.44. The number of aliphatic imine (C=N–C) groups is 1. The normalized spacial score (nSPS) is 16.6. The predicted octanol–water partition coefficient (Wildman–Crippen LogP) is 5.33. The van der Waals surface area contributed by atoms with Crippen LogP contribution in [-0.4, -0.2) is 101 Å². The van der Waals surface area contributed by atoms with Gasteiger partial charge in [0.2, 0.25) is 23.5 Å². The van der Waals surface area contributed by atoms with Crippen molar-refractivity contribution in [2.45, 2.75) is 52.1 Å². The Kier molecular flexibility index (Phi) is 12.6. The van der Waals surface area contributed by atoms with E-state index >= 15 is 0 Å². The molecule has 3 aliphatic heterocycles. The molecule has 334 valence electrons. The van der Waals surface area contributed by atoms with Crippen LogP contribution in [0.4, 0.5) is 11.4 Å². The Morgan fingerprint density at radius 2 is 1.55 bits per heavy atom. The van der Waals surface area contributed by atoms with Gasteiger partial charge in [-0.3, -0.25) is 48.5 Å². The lowest BCUT2D eigenvalue weighted by atomic mass is 9.99. The molecule has 8 rings (SSSR count). The van der Waals surface area contributed by atoms with Gasteiger partial charge in [0.25, 0.3) is 17.7 Å². The van der Waals surface area contributed by atoms with Gasteiger partial charge in [-0.05, 0) is 63.1 Å². The molecule has 0 saturated carbocycles. The average Bonchev–Trinajstić information content (AvgIpc) is 3.86. The number of azo groups is 1. The minimum Gasteiger partial charge on any atom is -0.493 e. The summed E-state index contributed by atoms with van der Waals surface area (Å²) in [6.45, 7) is 5.80. The molecule has 19 nitrogen and oxygen atoms in total. The largest absolute Gasteiger partial charge is 0.493 e. The van der Waals surface area contributed by atoms with Crippen molar-refractivity contribution in [3.8, 4) is 22.2 Å². The molecule has 6 amide bonds. The number of imide groups is 2. The Bertz CT molecular complexity index is 2830. The smallest absolute Gasteiger partial charge is 0.262 e. The van der Waals surface area contributed by atoms with E-state index in [2.05, 4.69) is 50.2 Å². The number of aryl methyl sites for hydroxylation is 2. The van der Waals surface area contributed by atoms with E-state index in [9.17, 15) is 28.8 Å². The van der Waals surface area contributed by atoms with Crippen LogP contribution >= 0.6 is 22.9 Å². The number of nitrogens with zero attached hydrogens (tertiary/aromatic N) is 7. The Morgan fingerprint density at radius 1 is 0.877 bits per heavy atom. The molecule has 2 atom stereocenters. The van der Waals surface area contributed by atoms with Crippen LogP contribution < -0.4 is 30.2 Å². The molecule has 0 spiro atoms. The minimum atomic E-state index is -1.10. The molecule has 1 fully saturated rings. The number of piperidine rings is 1. The van der Waals surface area contributed by atoms with Crippen LogP contribution in [0.15, 0.2) is 69.8 Å². The number of benzene rings is 3. The van der Waals surface area contributed by atoms with E-state index in [1.165, 1.54) is 44.6 Å². The van der Waals surface area contributed by atoms with Gasteiger partial charge in [-0.25, -0.2) is 0 Å². The SMILES string of the molecule is COc1cc(/N=N/c2ccc3c(c2)C(=O)N(C2CCC(=O)NC2=O)C3=O)cc(OC)c1OCC(=O)NCCNC(=O)C[C@@H]1N=C(c2ccc(Cl)cc2)c2c(sc(C)c2C)-n2c(C)nnc21. The van der Waals surface area contributed by atoms with Crippen molar-refractivity contribution >= 4 is 75.5 Å². The fourth-order valence-corrected chi connectivity index (χ4v) is 9.02. The van der Waals surface area contributed by atoms with Crippen LogP contribution in [-0.2, 0) is 19.2 Å². The fourth-order valence-electron chi connectivity index (χ4n) is 7.68. The van der Waals surface area contributed by atoms with E-state index in [-0.39, 0.29) is 78.0 Å². The molecule has 5 heterocycles. The molecule has 1 unspecified atom stereocenters. The van der Waals surface area contributed by atoms with Crippen molar-refractivity contribution in [1.82, 2.24) is 35.6 Å². The third-order valence-corrected chi connectivity index (χ3v) is 12.4. The van der Waals surface area contributed by atoms with E-state index in [0.29, 0.717) is 16.7 Å². The summed E-state index contributed by atoms with van der Waals surface area (Å²) in [5.41, 5.74) is 4.29. The molecule has 65 heavy (non-hydrogen) atoms. The first-order chi connectivity index (χ1) is 31.3. The summed E-state index contributed by atoms with van der Waals surface area (Å²) < 4.78 is 18.8. The maximum Gasteiger partial charge on any atom is 0.262 e. The number of nitrogens with one attached hydrogen (secondary N) is 3. The quantitative estimate of drug-likeness (QED) is 0.0731. The second-order valence-corrected chi connectivity index (χ2v) is 16.8. The summed E-state index contributed by atoms with van der Waals surface area (Å²) in [6, 6.07) is 13.0. The number of rotatable bonds is 14. The van der Waals surface area contributed by atoms with Crippen molar-refractivity contribution in [2.24, 2.45) is 15.2 Å². The number of amides is 6. The molecule has 0 aliphatic carbocycles. The summed E-state index contributed by atoms with van der Waals surface area (Å²) in [7, 11) is 2.79. The number of fused-ring (bicyclic) bond motifs is 4. The molecular weight excluding hydrogens is 880 g/mol. The van der Waals surface area contributed by atoms with Gasteiger partial charge in [-0.2, -0.15) is 10.2 Å². The van der Waals surface area contributed by atoms with Gasteiger partial charge in [0.1, 0.15) is 22.9 Å². The van der Waals surface area contributed by atoms with Crippen LogP contribution in [0.2, 0.25) is 5.02 Å². The first-order valence-electron chi connectivity index (χ1n) is 20.3. The van der Waals surface area contributed by atoms with Gasteiger partial charge < -0.3 is 24.8 Å². The second kappa shape index (κ2) is 18.4. The monoisotopic (exact) mass is 920 g/mol. The standard InChI is InChI=1S/C44H41ClN10O9S/c1-21-22(2)65-44-37(21)38(24-6-8-25(45)9-7-24)48-30(40-53-50-23(3)54(40)44)19-35(57)46-14-15-47-36(58)20-64-39-32(62-4)17-27(18-33(39)63-5)52-51-26-10-11-28-29(16-26)43(61)55(42(28)60)31-12-13-34(56)49-41(31)59/h6-11,16-18,30-31H,12-15,19-20H2,1-5H3,(H,46,57)(H,47,58)(H,49,56,59)/b52-51+/t30-,31?/m0/s1. The number of hydrogen-bond donors (Lipinski definition) is 3. The third-order valence-electron chi connectivity index (χ3n) is 11.0. The van der Waals surface area contributed by atoms with Crippen LogP contribution in [0.25, 0.3) is 5.00 Å². The number of halogens is 1. The van der Waals surface area contributed by atoms with Gasteiger partial charge in [0.05, 0.1) is 48.9 Å². The number of aromatic nitrogens is 3. The van der Waals surface area contributed by atoms with Crippen molar-refractivity contribution < 1.29 is 43.0 Å². The third kappa shape index (κ3) is 8.81. The molecule has 0 radical (unpaired) electrons. The average molecular weight is 921 g/mol. The van der Waals surface area contributed by atoms with Crippen molar-refractivity contribution in [3.05, 3.63) is 104 Å². The topological polar surface area (TPSA) is 237 Å². The molecule has 5 aromatic rings. The maximum atomic E-state index is 13.4. The van der Waals surface area contributed by atoms with Crippen LogP contribution in [0.1, 0.15) is 79.2 Å². The Labute approximate surface area is 380 Å². The predicted molar refractivity (Wildman–Crippen MR) is 236 cm³/mol. The van der Waals surface area contributed by atoms with Crippen LogP contribution in [0, 0.1) is 20.8 Å². The Hall–Kier alpha value is -7.32. The van der Waals surface area contributed by atoms with Gasteiger partial charge in [0, 0.05) is 52.7 Å². The zero-order valence-corrected chi connectivity index (χ0v) is 37.3. The number of methoxy groups -OCH3 is 2. The lowest BCUT2D eigenvalue weighted by Gasteiger charge is -2.27. The first-order valence-corrected chi connectivity index (χ1v) is 21.5. The molecule has 3 aliphatic rings. The first kappa shape index (κ1) is 44.3. The van der Waals surface area contributed by atoms with E-state index in [0.717, 1.165) is 37.2 Å². The number of ether oxygens (including phenoxy) is 3. The van der Waals surface area contributed by atoms with Crippen LogP contribution in [0.5, 0.6) is 17.2 Å². The summed E-state index contributed by atoms with van der Waals surface area (Å²) in [5.74, 6) is -1.55. The Balaban J connectivity index is 0.869. The Morgan fingerprint density at radius 3 is 2.25 bits per heavy atom. The van der Waals surface area contributed by atoms with Crippen LogP contribution in [0.3, 0.4) is 0 Å². The molecule has 3 N–H and O–H groups in total. The lowest BCUT2D eigenvalue weighted by Crippen LogP contribution is -2.54. The molecule has 2 aromatic heterocycles. The summed E-state index contributed by atoms with van der Waals surface area (Å²) in [4.78, 5) is 83.7. The van der Waals surface area contributed by atoms with E-state index < -0.39 is 48.2 Å². The summed E-state index contributed by atoms with van der Waals surface area (Å²) in [6.07, 6.45) is 0.0193. The molecule has 0 bridgehead atoms. The molecule has 1 saturated heterocycles. The number of carbonyl (C=O) groups is 6. The fraction of sp³-hybridized carbons (Fsp3) is 0.295. The minimum absolute atomic E-state index is 0.00539. The van der Waals surface area contributed by atoms with Crippen molar-refractivity contribution in [2.75, 3.05) is 33.9 Å². The van der Waals surface area contributed by atoms with Gasteiger partial charge in [0.15, 0.2) is 23.9 Å². The zero-order valence-electron chi connectivity index (χ0n) is 35.7. The number of thiophene rings is 1. The molecule has 21 heteroatoms. The molecular formula is C44H41ClN10O9S. The van der Waals surface area contributed by atoms with Gasteiger partial charge >= 0.3 is 0 Å². The van der Waals surface area contributed by atoms with E-state index in [4.69, 9.17) is 30.8 Å². The maximum absolute atomic E-state index is 13.4. The molecule has 3 aromatic carbocycles. The van der Waals surface area contributed by atoms with E-state index in [1.54, 1.807) is 11.3 Å². The number of hydrogen-bond acceptors (Lipinski definition) is 15. The number of carbonyl (C=O) groups excluding carboxylic acids is 6. The van der Waals surface area contributed by atoms with E-state index in [1.807, 2.05) is 35.8 Å². The lowest BCUT2D eigenvalue weighted by molar-refractivity contribution is -0.136. The zero-order chi connectivity index (χ0) is 46.1. The van der Waals surface area contributed by atoms with Gasteiger partial charge in [-0.1, -0.05) is 23.7 Å². The van der Waals surface area contributed by atoms with Gasteiger partial charge in [-0.15, -0.1) is 21.5 Å². The summed E-state index contributed by atoms with van der Waals surface area (Å²) in [5, 5.41) is 26.5. The highest BCUT2D eigenvalue weighted by Crippen LogP contribution is 2.42. The highest BCUT2D eigenvalue weighted by atomic mass is 35.5. The highest BCUT2D eigenvalue weighted by molar-refractivity contribution is 7.15. The second-order valence-electron chi connectivity index (χ2n) is 15.2. The summed E-state index contributed by atoms with van der Waals surface area (Å²) >= 11 is 7.84. The van der Waals surface area contributed by atoms with Crippen molar-refractivity contribution in [3.63, 3.8) is 0 Å².